The number of allylic oxidation sites excluding steroid dienone is 2. The largest absolute Gasteiger partial charge is 0.393 e. The lowest BCUT2D eigenvalue weighted by molar-refractivity contribution is 0.125. The van der Waals surface area contributed by atoms with Crippen LogP contribution in [0.1, 0.15) is 19.3 Å². The van der Waals surface area contributed by atoms with E-state index in [1.165, 1.54) is 12.8 Å². The maximum atomic E-state index is 9.69. The predicted molar refractivity (Wildman–Crippen MR) is 43.0 cm³/mol. The third-order valence-electron chi connectivity index (χ3n) is 3.93. The highest BCUT2D eigenvalue weighted by Gasteiger charge is 2.50. The zero-order chi connectivity index (χ0) is 7.42. The molecule has 0 spiro atoms. The Hall–Kier alpha value is -0.300. The van der Waals surface area contributed by atoms with Crippen LogP contribution in [0.15, 0.2) is 12.2 Å². The van der Waals surface area contributed by atoms with E-state index in [1.54, 1.807) is 0 Å². The molecule has 2 saturated carbocycles. The second kappa shape index (κ2) is 1.89. The highest BCUT2D eigenvalue weighted by atomic mass is 16.3. The molecule has 0 aromatic heterocycles. The normalized spacial score (nSPS) is 58.8. The summed E-state index contributed by atoms with van der Waals surface area (Å²) in [6.07, 6.45) is 8.41. The second-order valence-electron chi connectivity index (χ2n) is 4.33. The number of aliphatic hydroxyl groups excluding tert-OH is 1. The van der Waals surface area contributed by atoms with Gasteiger partial charge in [-0.3, -0.25) is 0 Å². The molecule has 3 aliphatic carbocycles. The van der Waals surface area contributed by atoms with Crippen molar-refractivity contribution in [3.8, 4) is 0 Å². The van der Waals surface area contributed by atoms with Crippen molar-refractivity contribution >= 4 is 0 Å². The summed E-state index contributed by atoms with van der Waals surface area (Å²) in [5.74, 6) is 3.06. The molecule has 2 fully saturated rings. The molecule has 1 heteroatoms. The molecule has 0 amide bonds. The quantitative estimate of drug-likeness (QED) is 0.520. The summed E-state index contributed by atoms with van der Waals surface area (Å²) >= 11 is 0. The molecule has 60 valence electrons. The van der Waals surface area contributed by atoms with Gasteiger partial charge < -0.3 is 5.11 Å². The van der Waals surface area contributed by atoms with Gasteiger partial charge >= 0.3 is 0 Å². The van der Waals surface area contributed by atoms with Gasteiger partial charge in [-0.2, -0.15) is 0 Å². The molecule has 3 aliphatic rings. The molecule has 1 nitrogen and oxygen atoms in total. The van der Waals surface area contributed by atoms with Crippen molar-refractivity contribution in [2.24, 2.45) is 23.7 Å². The molecule has 3 rings (SSSR count). The van der Waals surface area contributed by atoms with Crippen LogP contribution < -0.4 is 0 Å². The minimum absolute atomic E-state index is 0.0277. The van der Waals surface area contributed by atoms with E-state index in [0.29, 0.717) is 5.92 Å². The minimum atomic E-state index is 0.0277. The first-order valence-corrected chi connectivity index (χ1v) is 4.72. The van der Waals surface area contributed by atoms with E-state index in [2.05, 4.69) is 12.2 Å². The fourth-order valence-corrected chi connectivity index (χ4v) is 3.50. The summed E-state index contributed by atoms with van der Waals surface area (Å²) in [6.45, 7) is 0. The Kier molecular flexibility index (Phi) is 1.07. The van der Waals surface area contributed by atoms with E-state index in [9.17, 15) is 5.11 Å². The average molecular weight is 150 g/mol. The Labute approximate surface area is 67.1 Å². The number of hydrogen-bond acceptors (Lipinski definition) is 1. The fraction of sp³-hybridized carbons (Fsp3) is 0.800. The second-order valence-corrected chi connectivity index (χ2v) is 4.33. The van der Waals surface area contributed by atoms with Gasteiger partial charge in [0, 0.05) is 0 Å². The Morgan fingerprint density at radius 3 is 2.82 bits per heavy atom. The zero-order valence-electron chi connectivity index (χ0n) is 6.61. The van der Waals surface area contributed by atoms with Gasteiger partial charge in [0.25, 0.3) is 0 Å². The third kappa shape index (κ3) is 0.652. The number of aliphatic hydroxyl groups is 1. The summed E-state index contributed by atoms with van der Waals surface area (Å²) in [5.41, 5.74) is 0. The number of hydrogen-bond donors (Lipinski definition) is 1. The van der Waals surface area contributed by atoms with Gasteiger partial charge in [0.15, 0.2) is 0 Å². The molecule has 11 heavy (non-hydrogen) atoms. The molecule has 0 bridgehead atoms. The molecule has 0 aromatic carbocycles. The third-order valence-corrected chi connectivity index (χ3v) is 3.93. The van der Waals surface area contributed by atoms with Crippen LogP contribution in [0, 0.1) is 23.7 Å². The van der Waals surface area contributed by atoms with Gasteiger partial charge in [0.05, 0.1) is 6.10 Å². The first-order valence-electron chi connectivity index (χ1n) is 4.72. The summed E-state index contributed by atoms with van der Waals surface area (Å²) in [7, 11) is 0. The van der Waals surface area contributed by atoms with E-state index in [0.717, 1.165) is 24.2 Å². The molecule has 5 atom stereocenters. The van der Waals surface area contributed by atoms with Crippen LogP contribution >= 0.6 is 0 Å². The monoisotopic (exact) mass is 150 g/mol. The molecule has 0 aromatic rings. The van der Waals surface area contributed by atoms with Gasteiger partial charge in [-0.15, -0.1) is 0 Å². The predicted octanol–water partition coefficient (Wildman–Crippen LogP) is 1.58. The summed E-state index contributed by atoms with van der Waals surface area (Å²) in [4.78, 5) is 0. The zero-order valence-corrected chi connectivity index (χ0v) is 6.61. The van der Waals surface area contributed by atoms with Crippen molar-refractivity contribution in [2.75, 3.05) is 0 Å². The first-order chi connectivity index (χ1) is 5.36. The maximum Gasteiger partial charge on any atom is 0.0577 e. The Morgan fingerprint density at radius 2 is 1.91 bits per heavy atom. The van der Waals surface area contributed by atoms with Crippen molar-refractivity contribution < 1.29 is 5.11 Å². The van der Waals surface area contributed by atoms with Crippen LogP contribution in [-0.2, 0) is 0 Å². The van der Waals surface area contributed by atoms with Crippen molar-refractivity contribution in [3.05, 3.63) is 12.2 Å². The standard InChI is InChI=1S/C10H14O/c11-9-5-7-2-1-6-3-4-8(9)10(6)7/h1-2,6-11H,3-5H2/t6-,7+,8-,9?,10+/m1/s1. The lowest BCUT2D eigenvalue weighted by Crippen LogP contribution is -2.15. The minimum Gasteiger partial charge on any atom is -0.393 e. The van der Waals surface area contributed by atoms with E-state index in [-0.39, 0.29) is 6.10 Å². The van der Waals surface area contributed by atoms with Gasteiger partial charge in [-0.05, 0) is 42.9 Å². The van der Waals surface area contributed by atoms with E-state index in [4.69, 9.17) is 0 Å². The molecule has 1 unspecified atom stereocenters. The molecule has 0 radical (unpaired) electrons. The highest BCUT2D eigenvalue weighted by molar-refractivity contribution is 5.16. The lowest BCUT2D eigenvalue weighted by atomic mass is 9.91. The first kappa shape index (κ1) is 6.24. The fourth-order valence-electron chi connectivity index (χ4n) is 3.50. The maximum absolute atomic E-state index is 9.69. The van der Waals surface area contributed by atoms with Crippen LogP contribution in [0.4, 0.5) is 0 Å². The smallest absolute Gasteiger partial charge is 0.0577 e. The van der Waals surface area contributed by atoms with Crippen LogP contribution in [0.5, 0.6) is 0 Å². The Bertz CT molecular complexity index is 209. The molecular formula is C10H14O. The summed E-state index contributed by atoms with van der Waals surface area (Å²) in [5, 5.41) is 9.69. The highest BCUT2D eigenvalue weighted by Crippen LogP contribution is 2.54. The van der Waals surface area contributed by atoms with Crippen LogP contribution in [0.2, 0.25) is 0 Å². The molecule has 0 heterocycles. The van der Waals surface area contributed by atoms with E-state index >= 15 is 0 Å². The van der Waals surface area contributed by atoms with Crippen molar-refractivity contribution in [1.82, 2.24) is 0 Å². The SMILES string of the molecule is OC1C[C@@H]2C=C[C@@H]3CC[C@H]1[C@@H]32. The number of rotatable bonds is 0. The topological polar surface area (TPSA) is 20.2 Å². The Morgan fingerprint density at radius 1 is 1.09 bits per heavy atom. The molecule has 0 aliphatic heterocycles. The molecular weight excluding hydrogens is 136 g/mol. The van der Waals surface area contributed by atoms with Crippen molar-refractivity contribution in [1.29, 1.82) is 0 Å². The average Bonchev–Trinajstić information content (AvgIpc) is 2.53. The van der Waals surface area contributed by atoms with E-state index < -0.39 is 0 Å². The summed E-state index contributed by atoms with van der Waals surface area (Å²) in [6, 6.07) is 0. The van der Waals surface area contributed by atoms with Gasteiger partial charge in [-0.1, -0.05) is 12.2 Å². The van der Waals surface area contributed by atoms with Crippen LogP contribution in [0.25, 0.3) is 0 Å². The van der Waals surface area contributed by atoms with E-state index in [1.807, 2.05) is 0 Å². The summed E-state index contributed by atoms with van der Waals surface area (Å²) < 4.78 is 0. The Balaban J connectivity index is 1.98. The van der Waals surface area contributed by atoms with Crippen LogP contribution in [0.3, 0.4) is 0 Å². The van der Waals surface area contributed by atoms with Gasteiger partial charge in [0.2, 0.25) is 0 Å². The van der Waals surface area contributed by atoms with Crippen molar-refractivity contribution in [2.45, 2.75) is 25.4 Å². The lowest BCUT2D eigenvalue weighted by Gasteiger charge is -2.14. The van der Waals surface area contributed by atoms with Crippen LogP contribution in [-0.4, -0.2) is 11.2 Å². The van der Waals surface area contributed by atoms with Crippen molar-refractivity contribution in [3.63, 3.8) is 0 Å². The van der Waals surface area contributed by atoms with Gasteiger partial charge in [-0.25, -0.2) is 0 Å². The van der Waals surface area contributed by atoms with Gasteiger partial charge in [0.1, 0.15) is 0 Å². The molecule has 0 saturated heterocycles. The molecule has 1 N–H and O–H groups in total.